The molecule has 3 aromatic rings. The molecule has 0 radical (unpaired) electrons. The highest BCUT2D eigenvalue weighted by atomic mass is 79.9. The molecule has 0 aliphatic carbocycles. The van der Waals surface area contributed by atoms with Crippen molar-refractivity contribution in [2.75, 3.05) is 18.5 Å². The average molecular weight is 704 g/mol. The largest absolute Gasteiger partial charge is 0.490 e. The van der Waals surface area contributed by atoms with Crippen molar-refractivity contribution in [1.29, 1.82) is 0 Å². The molecule has 1 fully saturated rings. The molecule has 1 saturated heterocycles. The summed E-state index contributed by atoms with van der Waals surface area (Å²) >= 11 is 16.3. The molecule has 0 atom stereocenters. The topological polar surface area (TPSA) is 84.9 Å². The van der Waals surface area contributed by atoms with Gasteiger partial charge >= 0.3 is 6.18 Å². The van der Waals surface area contributed by atoms with Gasteiger partial charge in [0.1, 0.15) is 13.2 Å². The molecule has 0 saturated carbocycles. The number of nitrogens with zero attached hydrogens (tertiary/aromatic N) is 1. The Kier molecular flexibility index (Phi) is 10.1. The number of hydrogen-bond donors (Lipinski definition) is 1. The number of benzene rings is 3. The van der Waals surface area contributed by atoms with Gasteiger partial charge in [0.25, 0.3) is 11.1 Å². The SMILES string of the molecule is CCOc1cc(/C=C2\SC(=O)N(CC(=O)Nc3cccc(C(F)(F)F)c3)C2=O)cc(Br)c1OCc1ccc(Cl)cc1Cl. The number of rotatable bonds is 9. The standard InChI is InChI=1S/C28H20BrCl2F3N2O5S/c1-2-40-22-9-15(8-20(29)25(22)41-14-16-6-7-18(30)12-21(16)31)10-23-26(38)36(27(39)42-23)13-24(37)35-19-5-3-4-17(11-19)28(32,33)34/h3-12H,2,13-14H2,1H3,(H,35,37)/b23-10-. The van der Waals surface area contributed by atoms with Crippen LogP contribution >= 0.6 is 50.9 Å². The Morgan fingerprint density at radius 1 is 1.10 bits per heavy atom. The van der Waals surface area contributed by atoms with Crippen molar-refractivity contribution in [2.45, 2.75) is 19.7 Å². The van der Waals surface area contributed by atoms with Crippen molar-refractivity contribution in [2.24, 2.45) is 0 Å². The van der Waals surface area contributed by atoms with Crippen LogP contribution in [0, 0.1) is 0 Å². The maximum absolute atomic E-state index is 13.0. The number of nitrogens with one attached hydrogen (secondary N) is 1. The van der Waals surface area contributed by atoms with Gasteiger partial charge in [-0.25, -0.2) is 0 Å². The molecule has 0 unspecified atom stereocenters. The molecule has 7 nitrogen and oxygen atoms in total. The summed E-state index contributed by atoms with van der Waals surface area (Å²) in [5, 5.41) is 2.52. The Balaban J connectivity index is 1.48. The summed E-state index contributed by atoms with van der Waals surface area (Å²) in [5.74, 6) is -0.806. The monoisotopic (exact) mass is 702 g/mol. The summed E-state index contributed by atoms with van der Waals surface area (Å²) in [6.45, 7) is 1.54. The first kappa shape index (κ1) is 31.7. The van der Waals surface area contributed by atoms with E-state index in [1.807, 2.05) is 0 Å². The fraction of sp³-hybridized carbons (Fsp3) is 0.179. The smallest absolute Gasteiger partial charge is 0.416 e. The fourth-order valence-electron chi connectivity index (χ4n) is 3.77. The van der Waals surface area contributed by atoms with Crippen LogP contribution in [0.15, 0.2) is 64.0 Å². The van der Waals surface area contributed by atoms with Crippen molar-refractivity contribution in [3.8, 4) is 11.5 Å². The van der Waals surface area contributed by atoms with Gasteiger partial charge in [0.2, 0.25) is 5.91 Å². The number of imide groups is 1. The highest BCUT2D eigenvalue weighted by molar-refractivity contribution is 9.10. The molecular weight excluding hydrogens is 684 g/mol. The van der Waals surface area contributed by atoms with E-state index in [0.717, 1.165) is 18.2 Å². The van der Waals surface area contributed by atoms with Gasteiger partial charge in [0.15, 0.2) is 11.5 Å². The van der Waals surface area contributed by atoms with Gasteiger partial charge in [-0.15, -0.1) is 0 Å². The minimum atomic E-state index is -4.59. The zero-order valence-electron chi connectivity index (χ0n) is 21.6. The normalized spacial score (nSPS) is 14.5. The molecule has 3 amide bonds. The van der Waals surface area contributed by atoms with E-state index in [1.54, 1.807) is 37.3 Å². The molecule has 0 spiro atoms. The van der Waals surface area contributed by atoms with E-state index in [2.05, 4.69) is 21.2 Å². The summed E-state index contributed by atoms with van der Waals surface area (Å²) < 4.78 is 51.1. The second-order valence-electron chi connectivity index (χ2n) is 8.68. The van der Waals surface area contributed by atoms with Crippen molar-refractivity contribution < 1.29 is 37.0 Å². The highest BCUT2D eigenvalue weighted by Gasteiger charge is 2.36. The van der Waals surface area contributed by atoms with Gasteiger partial charge in [-0.05, 0) is 88.7 Å². The predicted molar refractivity (Wildman–Crippen MR) is 159 cm³/mol. The molecule has 4 rings (SSSR count). The quantitative estimate of drug-likeness (QED) is 0.225. The van der Waals surface area contributed by atoms with Crippen molar-refractivity contribution in [3.63, 3.8) is 0 Å². The number of thioether (sulfide) groups is 1. The Morgan fingerprint density at radius 3 is 2.55 bits per heavy atom. The molecule has 3 aromatic carbocycles. The number of hydrogen-bond acceptors (Lipinski definition) is 6. The van der Waals surface area contributed by atoms with E-state index in [4.69, 9.17) is 32.7 Å². The first-order chi connectivity index (χ1) is 19.8. The first-order valence-corrected chi connectivity index (χ1v) is 14.5. The van der Waals surface area contributed by atoms with Crippen LogP contribution < -0.4 is 14.8 Å². The number of alkyl halides is 3. The molecule has 0 aromatic heterocycles. The lowest BCUT2D eigenvalue weighted by molar-refractivity contribution is -0.137. The molecule has 1 heterocycles. The molecule has 220 valence electrons. The predicted octanol–water partition coefficient (Wildman–Crippen LogP) is 8.43. The van der Waals surface area contributed by atoms with E-state index < -0.39 is 35.3 Å². The van der Waals surface area contributed by atoms with Gasteiger partial charge in [0.05, 0.1) is 21.5 Å². The Bertz CT molecular complexity index is 1590. The maximum Gasteiger partial charge on any atom is 0.416 e. The lowest BCUT2D eigenvalue weighted by atomic mass is 10.1. The van der Waals surface area contributed by atoms with Crippen molar-refractivity contribution >= 4 is 79.7 Å². The number of ether oxygens (including phenoxy) is 2. The third-order valence-electron chi connectivity index (χ3n) is 5.67. The summed E-state index contributed by atoms with van der Waals surface area (Å²) in [6.07, 6.45) is -3.13. The van der Waals surface area contributed by atoms with E-state index in [0.29, 0.717) is 60.4 Å². The van der Waals surface area contributed by atoms with E-state index >= 15 is 0 Å². The second kappa shape index (κ2) is 13.4. The number of anilines is 1. The van der Waals surface area contributed by atoms with Crippen LogP contribution in [0.3, 0.4) is 0 Å². The minimum Gasteiger partial charge on any atom is -0.490 e. The van der Waals surface area contributed by atoms with Gasteiger partial charge in [0, 0.05) is 21.3 Å². The lowest BCUT2D eigenvalue weighted by Gasteiger charge is -2.15. The third-order valence-corrected chi connectivity index (χ3v) is 7.75. The van der Waals surface area contributed by atoms with Crippen molar-refractivity contribution in [3.05, 3.63) is 90.7 Å². The summed E-state index contributed by atoms with van der Waals surface area (Å²) in [7, 11) is 0. The lowest BCUT2D eigenvalue weighted by Crippen LogP contribution is -2.36. The van der Waals surface area contributed by atoms with Crippen LogP contribution in [0.4, 0.5) is 23.7 Å². The minimum absolute atomic E-state index is 0.0443. The number of halogens is 6. The average Bonchev–Trinajstić information content (AvgIpc) is 3.16. The molecule has 1 aliphatic rings. The number of carbonyl (C=O) groups is 3. The van der Waals surface area contributed by atoms with Gasteiger partial charge in [-0.2, -0.15) is 13.2 Å². The second-order valence-corrected chi connectivity index (χ2v) is 11.4. The number of amides is 3. The van der Waals surface area contributed by atoms with Crippen molar-refractivity contribution in [1.82, 2.24) is 4.90 Å². The summed E-state index contributed by atoms with van der Waals surface area (Å²) in [6, 6.07) is 12.4. The van der Waals surface area contributed by atoms with Crippen LogP contribution in [0.5, 0.6) is 11.5 Å². The van der Waals surface area contributed by atoms with Crippen LogP contribution in [0.25, 0.3) is 6.08 Å². The fourth-order valence-corrected chi connectivity index (χ4v) is 5.64. The van der Waals surface area contributed by atoms with Crippen LogP contribution in [0.1, 0.15) is 23.6 Å². The van der Waals surface area contributed by atoms with Crippen LogP contribution in [0.2, 0.25) is 10.0 Å². The van der Waals surface area contributed by atoms with E-state index in [1.165, 1.54) is 12.1 Å². The molecule has 14 heteroatoms. The Morgan fingerprint density at radius 2 is 1.86 bits per heavy atom. The molecule has 1 N–H and O–H groups in total. The summed E-state index contributed by atoms with van der Waals surface area (Å²) in [5.41, 5.74) is 0.134. The maximum atomic E-state index is 13.0. The molecule has 0 bridgehead atoms. The van der Waals surface area contributed by atoms with Gasteiger partial charge in [-0.1, -0.05) is 35.3 Å². The highest BCUT2D eigenvalue weighted by Crippen LogP contribution is 2.40. The zero-order valence-corrected chi connectivity index (χ0v) is 25.5. The molecular formula is C28H20BrCl2F3N2O5S. The summed E-state index contributed by atoms with van der Waals surface area (Å²) in [4.78, 5) is 38.7. The van der Waals surface area contributed by atoms with Gasteiger partial charge < -0.3 is 14.8 Å². The Labute approximate surface area is 261 Å². The van der Waals surface area contributed by atoms with E-state index in [-0.39, 0.29) is 17.2 Å². The van der Waals surface area contributed by atoms with Gasteiger partial charge in [-0.3, -0.25) is 19.3 Å². The Hall–Kier alpha value is -3.19. The first-order valence-electron chi connectivity index (χ1n) is 12.1. The third kappa shape index (κ3) is 7.80. The number of carbonyl (C=O) groups excluding carboxylic acids is 3. The molecule has 42 heavy (non-hydrogen) atoms. The zero-order chi connectivity index (χ0) is 30.6. The van der Waals surface area contributed by atoms with Crippen LogP contribution in [-0.2, 0) is 22.4 Å². The molecule has 1 aliphatic heterocycles. The van der Waals surface area contributed by atoms with E-state index in [9.17, 15) is 27.6 Å². The van der Waals surface area contributed by atoms with Crippen LogP contribution in [-0.4, -0.2) is 35.1 Å².